The Labute approximate surface area is 74.3 Å². The summed E-state index contributed by atoms with van der Waals surface area (Å²) in [6, 6.07) is 0.456. The van der Waals surface area contributed by atoms with Gasteiger partial charge in [-0.1, -0.05) is 0 Å². The summed E-state index contributed by atoms with van der Waals surface area (Å²) in [7, 11) is 4.10. The summed E-state index contributed by atoms with van der Waals surface area (Å²) in [5.74, 6) is 0.222. The van der Waals surface area contributed by atoms with Gasteiger partial charge in [-0.15, -0.1) is 0 Å². The largest absolute Gasteiger partial charge is 0.339 e. The minimum Gasteiger partial charge on any atom is -0.339 e. The Hall–Kier alpha value is -0.570. The Morgan fingerprint density at radius 3 is 2.75 bits per heavy atom. The van der Waals surface area contributed by atoms with Crippen molar-refractivity contribution in [1.29, 1.82) is 0 Å². The molecule has 12 heavy (non-hydrogen) atoms. The van der Waals surface area contributed by atoms with Crippen molar-refractivity contribution in [1.82, 2.24) is 9.80 Å². The topological polar surface area (TPSA) is 23.6 Å². The molecule has 1 rings (SSSR count). The second kappa shape index (κ2) is 3.90. The van der Waals surface area contributed by atoms with Crippen molar-refractivity contribution in [3.8, 4) is 0 Å². The van der Waals surface area contributed by atoms with Crippen LogP contribution in [0.2, 0.25) is 0 Å². The molecule has 1 unspecified atom stereocenters. The SMILES string of the molecule is CC(=O)N1CCCC1CN(C)C. The van der Waals surface area contributed by atoms with Gasteiger partial charge in [-0.25, -0.2) is 0 Å². The van der Waals surface area contributed by atoms with E-state index in [2.05, 4.69) is 19.0 Å². The summed E-state index contributed by atoms with van der Waals surface area (Å²) in [6.07, 6.45) is 2.33. The van der Waals surface area contributed by atoms with E-state index in [9.17, 15) is 4.79 Å². The molecule has 3 nitrogen and oxygen atoms in total. The lowest BCUT2D eigenvalue weighted by Crippen LogP contribution is -2.40. The number of amides is 1. The van der Waals surface area contributed by atoms with Crippen molar-refractivity contribution >= 4 is 5.91 Å². The third-order valence-corrected chi connectivity index (χ3v) is 2.36. The Morgan fingerprint density at radius 2 is 2.25 bits per heavy atom. The second-order valence-corrected chi connectivity index (χ2v) is 3.77. The second-order valence-electron chi connectivity index (χ2n) is 3.77. The molecule has 1 amide bonds. The maximum atomic E-state index is 11.1. The maximum Gasteiger partial charge on any atom is 0.219 e. The van der Waals surface area contributed by atoms with Crippen LogP contribution in [-0.4, -0.2) is 48.9 Å². The first-order chi connectivity index (χ1) is 5.61. The normalized spacial score (nSPS) is 23.7. The number of carbonyl (C=O) groups excluding carboxylic acids is 1. The van der Waals surface area contributed by atoms with Crippen molar-refractivity contribution in [2.45, 2.75) is 25.8 Å². The molecule has 1 aliphatic heterocycles. The standard InChI is InChI=1S/C9H18N2O/c1-8(12)11-6-4-5-9(11)7-10(2)3/h9H,4-7H2,1-3H3. The summed E-state index contributed by atoms with van der Waals surface area (Å²) in [5, 5.41) is 0. The fourth-order valence-electron chi connectivity index (χ4n) is 1.86. The first-order valence-electron chi connectivity index (χ1n) is 4.53. The van der Waals surface area contributed by atoms with Gasteiger partial charge in [0, 0.05) is 26.1 Å². The van der Waals surface area contributed by atoms with Crippen molar-refractivity contribution in [3.63, 3.8) is 0 Å². The average Bonchev–Trinajstić information content (AvgIpc) is 2.33. The summed E-state index contributed by atoms with van der Waals surface area (Å²) >= 11 is 0. The minimum atomic E-state index is 0.222. The van der Waals surface area contributed by atoms with Crippen LogP contribution in [0.1, 0.15) is 19.8 Å². The number of likely N-dealkylation sites (N-methyl/N-ethyl adjacent to an activating group) is 1. The first-order valence-corrected chi connectivity index (χ1v) is 4.53. The van der Waals surface area contributed by atoms with E-state index in [0.717, 1.165) is 25.9 Å². The quantitative estimate of drug-likeness (QED) is 0.604. The zero-order chi connectivity index (χ0) is 9.14. The van der Waals surface area contributed by atoms with Gasteiger partial charge < -0.3 is 9.80 Å². The van der Waals surface area contributed by atoms with Crippen LogP contribution >= 0.6 is 0 Å². The molecular weight excluding hydrogens is 152 g/mol. The first kappa shape index (κ1) is 9.52. The van der Waals surface area contributed by atoms with Crippen LogP contribution in [0.4, 0.5) is 0 Å². The molecule has 1 saturated heterocycles. The van der Waals surface area contributed by atoms with Crippen molar-refractivity contribution < 1.29 is 4.79 Å². The smallest absolute Gasteiger partial charge is 0.219 e. The molecule has 70 valence electrons. The van der Waals surface area contributed by atoms with Gasteiger partial charge in [-0.3, -0.25) is 4.79 Å². The summed E-state index contributed by atoms with van der Waals surface area (Å²) in [5.41, 5.74) is 0. The van der Waals surface area contributed by atoms with Gasteiger partial charge in [0.05, 0.1) is 0 Å². The summed E-state index contributed by atoms with van der Waals surface area (Å²) < 4.78 is 0. The molecule has 0 N–H and O–H groups in total. The highest BCUT2D eigenvalue weighted by molar-refractivity contribution is 5.73. The fraction of sp³-hybridized carbons (Fsp3) is 0.889. The summed E-state index contributed by atoms with van der Waals surface area (Å²) in [6.45, 7) is 3.61. The molecule has 0 aromatic carbocycles. The molecular formula is C9H18N2O. The Bertz CT molecular complexity index is 168. The molecule has 3 heteroatoms. The summed E-state index contributed by atoms with van der Waals surface area (Å²) in [4.78, 5) is 15.3. The van der Waals surface area contributed by atoms with Gasteiger partial charge in [-0.2, -0.15) is 0 Å². The average molecular weight is 170 g/mol. The highest BCUT2D eigenvalue weighted by atomic mass is 16.2. The van der Waals surface area contributed by atoms with Gasteiger partial charge in [-0.05, 0) is 26.9 Å². The van der Waals surface area contributed by atoms with Crippen LogP contribution in [0.3, 0.4) is 0 Å². The molecule has 0 spiro atoms. The van der Waals surface area contributed by atoms with E-state index in [4.69, 9.17) is 0 Å². The molecule has 0 radical (unpaired) electrons. The number of hydrogen-bond donors (Lipinski definition) is 0. The van der Waals surface area contributed by atoms with E-state index < -0.39 is 0 Å². The predicted molar refractivity (Wildman–Crippen MR) is 49.0 cm³/mol. The number of nitrogens with zero attached hydrogens (tertiary/aromatic N) is 2. The number of hydrogen-bond acceptors (Lipinski definition) is 2. The molecule has 1 heterocycles. The lowest BCUT2D eigenvalue weighted by atomic mass is 10.2. The van der Waals surface area contributed by atoms with Gasteiger partial charge in [0.25, 0.3) is 0 Å². The van der Waals surface area contributed by atoms with E-state index in [0.29, 0.717) is 6.04 Å². The van der Waals surface area contributed by atoms with E-state index in [1.807, 2.05) is 4.90 Å². The van der Waals surface area contributed by atoms with Gasteiger partial charge in [0.15, 0.2) is 0 Å². The number of likely N-dealkylation sites (tertiary alicyclic amines) is 1. The van der Waals surface area contributed by atoms with Crippen LogP contribution in [-0.2, 0) is 4.79 Å². The third kappa shape index (κ3) is 2.21. The van der Waals surface area contributed by atoms with E-state index in [-0.39, 0.29) is 5.91 Å². The molecule has 0 aliphatic carbocycles. The Balaban J connectivity index is 2.46. The molecule has 0 aromatic heterocycles. The van der Waals surface area contributed by atoms with Crippen molar-refractivity contribution in [2.24, 2.45) is 0 Å². The molecule has 1 aliphatic rings. The molecule has 1 atom stereocenters. The van der Waals surface area contributed by atoms with E-state index in [1.54, 1.807) is 6.92 Å². The van der Waals surface area contributed by atoms with E-state index in [1.165, 1.54) is 0 Å². The third-order valence-electron chi connectivity index (χ3n) is 2.36. The predicted octanol–water partition coefficient (Wildman–Crippen LogP) is 0.559. The van der Waals surface area contributed by atoms with Crippen LogP contribution in [0.25, 0.3) is 0 Å². The van der Waals surface area contributed by atoms with Gasteiger partial charge >= 0.3 is 0 Å². The zero-order valence-electron chi connectivity index (χ0n) is 8.21. The Kier molecular flexibility index (Phi) is 3.09. The van der Waals surface area contributed by atoms with E-state index >= 15 is 0 Å². The van der Waals surface area contributed by atoms with Crippen LogP contribution in [0, 0.1) is 0 Å². The minimum absolute atomic E-state index is 0.222. The molecule has 0 aromatic rings. The molecule has 0 saturated carbocycles. The van der Waals surface area contributed by atoms with Crippen molar-refractivity contribution in [3.05, 3.63) is 0 Å². The van der Waals surface area contributed by atoms with Crippen LogP contribution in [0.15, 0.2) is 0 Å². The monoisotopic (exact) mass is 170 g/mol. The maximum absolute atomic E-state index is 11.1. The highest BCUT2D eigenvalue weighted by Gasteiger charge is 2.26. The fourth-order valence-corrected chi connectivity index (χ4v) is 1.86. The van der Waals surface area contributed by atoms with Crippen LogP contribution in [0.5, 0.6) is 0 Å². The Morgan fingerprint density at radius 1 is 1.58 bits per heavy atom. The van der Waals surface area contributed by atoms with Crippen molar-refractivity contribution in [2.75, 3.05) is 27.2 Å². The lowest BCUT2D eigenvalue weighted by molar-refractivity contribution is -0.129. The molecule has 1 fully saturated rings. The van der Waals surface area contributed by atoms with Gasteiger partial charge in [0.1, 0.15) is 0 Å². The number of carbonyl (C=O) groups is 1. The zero-order valence-corrected chi connectivity index (χ0v) is 8.21. The van der Waals surface area contributed by atoms with Gasteiger partial charge in [0.2, 0.25) is 5.91 Å². The van der Waals surface area contributed by atoms with Crippen LogP contribution < -0.4 is 0 Å². The number of rotatable bonds is 2. The molecule has 0 bridgehead atoms. The highest BCUT2D eigenvalue weighted by Crippen LogP contribution is 2.17. The lowest BCUT2D eigenvalue weighted by Gasteiger charge is -2.25.